The minimum Gasteiger partial charge on any atom is -0.387 e. The highest BCUT2D eigenvalue weighted by Gasteiger charge is 2.15. The molecule has 1 unspecified atom stereocenters. The van der Waals surface area contributed by atoms with Crippen LogP contribution in [0.4, 0.5) is 0 Å². The van der Waals surface area contributed by atoms with Gasteiger partial charge in [-0.1, -0.05) is 23.2 Å². The summed E-state index contributed by atoms with van der Waals surface area (Å²) in [6.07, 6.45) is 1.80. The minimum atomic E-state index is -0.698. The van der Waals surface area contributed by atoms with Crippen LogP contribution in [-0.4, -0.2) is 42.7 Å². The molecule has 2 rings (SSSR count). The molecule has 0 bridgehead atoms. The number of halogens is 2. The molecule has 0 saturated carbocycles. The number of aliphatic imine (C=N–C) groups is 1. The van der Waals surface area contributed by atoms with Gasteiger partial charge in [-0.15, -0.1) is 0 Å². The van der Waals surface area contributed by atoms with Crippen molar-refractivity contribution in [3.05, 3.63) is 33.8 Å². The van der Waals surface area contributed by atoms with E-state index in [4.69, 9.17) is 23.2 Å². The summed E-state index contributed by atoms with van der Waals surface area (Å²) in [5, 5.41) is 17.8. The van der Waals surface area contributed by atoms with E-state index < -0.39 is 6.10 Å². The summed E-state index contributed by atoms with van der Waals surface area (Å²) in [6.45, 7) is 1.26. The molecule has 1 atom stereocenters. The number of aliphatic hydroxyl groups is 1. The molecule has 3 N–H and O–H groups in total. The highest BCUT2D eigenvalue weighted by molar-refractivity contribution is 7.99. The number of benzene rings is 1. The normalized spacial score (nSPS) is 17.8. The van der Waals surface area contributed by atoms with E-state index in [1.54, 1.807) is 25.2 Å². The smallest absolute Gasteiger partial charge is 0.191 e. The van der Waals surface area contributed by atoms with Crippen LogP contribution in [0, 0.1) is 5.92 Å². The van der Waals surface area contributed by atoms with Crippen LogP contribution in [0.1, 0.15) is 24.5 Å². The number of thioether (sulfide) groups is 1. The Kier molecular flexibility index (Phi) is 7.83. The maximum absolute atomic E-state index is 10.3. The average Bonchev–Trinajstić information content (AvgIpc) is 2.55. The fraction of sp³-hybridized carbons (Fsp3) is 0.562. The van der Waals surface area contributed by atoms with Crippen LogP contribution in [-0.2, 0) is 0 Å². The van der Waals surface area contributed by atoms with Crippen molar-refractivity contribution in [1.29, 1.82) is 0 Å². The molecule has 1 saturated heterocycles. The number of aliphatic hydroxyl groups excluding tert-OH is 1. The van der Waals surface area contributed by atoms with Crippen molar-refractivity contribution in [3.8, 4) is 0 Å². The zero-order valence-electron chi connectivity index (χ0n) is 13.2. The molecule has 1 aromatic rings. The Morgan fingerprint density at radius 1 is 1.26 bits per heavy atom. The molecular formula is C16H23Cl2N3OS. The summed E-state index contributed by atoms with van der Waals surface area (Å²) in [4.78, 5) is 4.20. The monoisotopic (exact) mass is 375 g/mol. The third kappa shape index (κ3) is 6.42. The van der Waals surface area contributed by atoms with Gasteiger partial charge in [-0.25, -0.2) is 0 Å². The first-order valence-corrected chi connectivity index (χ1v) is 9.66. The van der Waals surface area contributed by atoms with E-state index in [2.05, 4.69) is 15.6 Å². The van der Waals surface area contributed by atoms with Gasteiger partial charge in [0.2, 0.25) is 0 Å². The molecule has 0 aliphatic carbocycles. The van der Waals surface area contributed by atoms with Crippen molar-refractivity contribution in [2.45, 2.75) is 18.9 Å². The number of nitrogens with zero attached hydrogens (tertiary/aromatic N) is 1. The van der Waals surface area contributed by atoms with Gasteiger partial charge >= 0.3 is 0 Å². The summed E-state index contributed by atoms with van der Waals surface area (Å²) in [5.41, 5.74) is 0.690. The lowest BCUT2D eigenvalue weighted by Gasteiger charge is -2.23. The Labute approximate surface area is 152 Å². The molecule has 0 radical (unpaired) electrons. The standard InChI is InChI=1S/C16H23Cl2N3OS/c1-19-16(20-9-11-2-4-23-5-3-11)21-10-15(22)12-6-13(17)8-14(18)7-12/h6-8,11,15,22H,2-5,9-10H2,1H3,(H2,19,20,21). The minimum absolute atomic E-state index is 0.344. The van der Waals surface area contributed by atoms with Crippen LogP contribution in [0.3, 0.4) is 0 Å². The van der Waals surface area contributed by atoms with Crippen molar-refractivity contribution in [2.75, 3.05) is 31.6 Å². The summed E-state index contributed by atoms with van der Waals surface area (Å²) >= 11 is 14.0. The van der Waals surface area contributed by atoms with E-state index in [9.17, 15) is 5.11 Å². The first kappa shape index (κ1) is 18.7. The van der Waals surface area contributed by atoms with Crippen LogP contribution >= 0.6 is 35.0 Å². The molecule has 0 amide bonds. The second-order valence-electron chi connectivity index (χ2n) is 5.61. The molecule has 0 spiro atoms. The molecule has 1 aromatic carbocycles. The molecule has 0 aromatic heterocycles. The van der Waals surface area contributed by atoms with Crippen LogP contribution in [0.15, 0.2) is 23.2 Å². The summed E-state index contributed by atoms with van der Waals surface area (Å²) in [7, 11) is 1.73. The number of hydrogen-bond acceptors (Lipinski definition) is 3. The predicted molar refractivity (Wildman–Crippen MR) is 101 cm³/mol. The van der Waals surface area contributed by atoms with E-state index >= 15 is 0 Å². The average molecular weight is 376 g/mol. The van der Waals surface area contributed by atoms with E-state index in [1.165, 1.54) is 24.3 Å². The summed E-state index contributed by atoms with van der Waals surface area (Å²) in [5.74, 6) is 3.89. The second kappa shape index (κ2) is 9.62. The lowest BCUT2D eigenvalue weighted by atomic mass is 10.0. The van der Waals surface area contributed by atoms with E-state index in [0.29, 0.717) is 34.0 Å². The first-order chi connectivity index (χ1) is 11.1. The van der Waals surface area contributed by atoms with Gasteiger partial charge in [0, 0.05) is 30.2 Å². The number of nitrogens with one attached hydrogen (secondary N) is 2. The number of rotatable bonds is 5. The van der Waals surface area contributed by atoms with Crippen LogP contribution < -0.4 is 10.6 Å². The van der Waals surface area contributed by atoms with Crippen LogP contribution in [0.2, 0.25) is 10.0 Å². The highest BCUT2D eigenvalue weighted by Crippen LogP contribution is 2.23. The fourth-order valence-corrected chi connectivity index (χ4v) is 4.24. The van der Waals surface area contributed by atoms with Crippen molar-refractivity contribution in [1.82, 2.24) is 10.6 Å². The Morgan fingerprint density at radius 3 is 2.52 bits per heavy atom. The lowest BCUT2D eigenvalue weighted by molar-refractivity contribution is 0.181. The molecule has 1 fully saturated rings. The van der Waals surface area contributed by atoms with Crippen molar-refractivity contribution in [3.63, 3.8) is 0 Å². The first-order valence-electron chi connectivity index (χ1n) is 7.75. The van der Waals surface area contributed by atoms with Crippen molar-refractivity contribution < 1.29 is 5.11 Å². The zero-order valence-corrected chi connectivity index (χ0v) is 15.5. The van der Waals surface area contributed by atoms with E-state index in [-0.39, 0.29) is 0 Å². The van der Waals surface area contributed by atoms with Gasteiger partial charge in [-0.05, 0) is 54.0 Å². The molecule has 7 heteroatoms. The van der Waals surface area contributed by atoms with Gasteiger partial charge < -0.3 is 15.7 Å². The van der Waals surface area contributed by atoms with Gasteiger partial charge in [0.1, 0.15) is 0 Å². The molecule has 1 aliphatic rings. The Hall–Kier alpha value is -0.620. The highest BCUT2D eigenvalue weighted by atomic mass is 35.5. The van der Waals surface area contributed by atoms with Crippen molar-refractivity contribution in [2.24, 2.45) is 10.9 Å². The van der Waals surface area contributed by atoms with E-state index in [1.807, 2.05) is 11.8 Å². The van der Waals surface area contributed by atoms with Gasteiger partial charge in [0.25, 0.3) is 0 Å². The maximum Gasteiger partial charge on any atom is 0.191 e. The molecular weight excluding hydrogens is 353 g/mol. The lowest BCUT2D eigenvalue weighted by Crippen LogP contribution is -2.41. The third-order valence-electron chi connectivity index (χ3n) is 3.86. The number of guanidine groups is 1. The van der Waals surface area contributed by atoms with Crippen LogP contribution in [0.5, 0.6) is 0 Å². The quantitative estimate of drug-likeness (QED) is 0.545. The summed E-state index contributed by atoms with van der Waals surface area (Å²) in [6, 6.07) is 5.08. The fourth-order valence-electron chi connectivity index (χ4n) is 2.49. The third-order valence-corrected chi connectivity index (χ3v) is 5.34. The van der Waals surface area contributed by atoms with Gasteiger partial charge in [-0.2, -0.15) is 11.8 Å². The SMILES string of the molecule is CN=C(NCC1CCSCC1)NCC(O)c1cc(Cl)cc(Cl)c1. The largest absolute Gasteiger partial charge is 0.387 e. The Bertz CT molecular complexity index is 516. The molecule has 1 heterocycles. The topological polar surface area (TPSA) is 56.7 Å². The van der Waals surface area contributed by atoms with Gasteiger partial charge in [0.15, 0.2) is 5.96 Å². The van der Waals surface area contributed by atoms with E-state index in [0.717, 1.165) is 6.54 Å². The molecule has 23 heavy (non-hydrogen) atoms. The summed E-state index contributed by atoms with van der Waals surface area (Å²) < 4.78 is 0. The Morgan fingerprint density at radius 2 is 1.91 bits per heavy atom. The second-order valence-corrected chi connectivity index (χ2v) is 7.71. The molecule has 4 nitrogen and oxygen atoms in total. The molecule has 128 valence electrons. The maximum atomic E-state index is 10.3. The predicted octanol–water partition coefficient (Wildman–Crippen LogP) is 3.34. The van der Waals surface area contributed by atoms with Crippen LogP contribution in [0.25, 0.3) is 0 Å². The molecule has 1 aliphatic heterocycles. The van der Waals surface area contributed by atoms with Crippen molar-refractivity contribution >= 4 is 40.9 Å². The van der Waals surface area contributed by atoms with Gasteiger partial charge in [0.05, 0.1) is 6.10 Å². The number of hydrogen-bond donors (Lipinski definition) is 3. The van der Waals surface area contributed by atoms with Gasteiger partial charge in [-0.3, -0.25) is 4.99 Å². The zero-order chi connectivity index (χ0) is 16.7. The Balaban J connectivity index is 1.80.